The fourth-order valence-corrected chi connectivity index (χ4v) is 1.99. The van der Waals surface area contributed by atoms with Gasteiger partial charge in [0, 0.05) is 25.2 Å². The van der Waals surface area contributed by atoms with Crippen molar-refractivity contribution in [1.82, 2.24) is 9.97 Å². The molecule has 5 nitrogen and oxygen atoms in total. The number of hydrogen-bond acceptors (Lipinski definition) is 5. The van der Waals surface area contributed by atoms with Crippen molar-refractivity contribution in [2.45, 2.75) is 46.1 Å². The Morgan fingerprint density at radius 1 is 1.37 bits per heavy atom. The summed E-state index contributed by atoms with van der Waals surface area (Å²) in [5, 5.41) is 12.1. The van der Waals surface area contributed by atoms with Crippen LogP contribution in [0.15, 0.2) is 6.33 Å². The Morgan fingerprint density at radius 3 is 2.58 bits per heavy atom. The zero-order valence-electron chi connectivity index (χ0n) is 12.4. The van der Waals surface area contributed by atoms with Crippen molar-refractivity contribution in [3.05, 3.63) is 11.9 Å². The van der Waals surface area contributed by atoms with Gasteiger partial charge in [0.15, 0.2) is 0 Å². The molecule has 1 N–H and O–H groups in total. The van der Waals surface area contributed by atoms with E-state index in [0.717, 1.165) is 23.7 Å². The minimum absolute atomic E-state index is 0.131. The highest BCUT2D eigenvalue weighted by atomic mass is 15.2. The lowest BCUT2D eigenvalue weighted by molar-refractivity contribution is 0.682. The highest BCUT2D eigenvalue weighted by Crippen LogP contribution is 2.31. The van der Waals surface area contributed by atoms with Crippen LogP contribution in [0.4, 0.5) is 11.6 Å². The first-order valence-corrected chi connectivity index (χ1v) is 6.71. The van der Waals surface area contributed by atoms with Gasteiger partial charge >= 0.3 is 0 Å². The van der Waals surface area contributed by atoms with E-state index in [4.69, 9.17) is 5.26 Å². The quantitative estimate of drug-likeness (QED) is 0.853. The van der Waals surface area contributed by atoms with Crippen LogP contribution in [0, 0.1) is 11.3 Å². The second-order valence-electron chi connectivity index (χ2n) is 4.97. The topological polar surface area (TPSA) is 64.8 Å². The van der Waals surface area contributed by atoms with E-state index in [1.807, 2.05) is 20.9 Å². The fraction of sp³-hybridized carbons (Fsp3) is 0.643. The van der Waals surface area contributed by atoms with Gasteiger partial charge < -0.3 is 10.2 Å². The molecule has 1 aromatic rings. The molecular formula is C14H23N5. The second-order valence-corrected chi connectivity index (χ2v) is 4.97. The Morgan fingerprint density at radius 2 is 2.05 bits per heavy atom. The molecule has 1 aromatic heterocycles. The van der Waals surface area contributed by atoms with Crippen molar-refractivity contribution in [2.24, 2.45) is 0 Å². The van der Waals surface area contributed by atoms with E-state index in [-0.39, 0.29) is 6.04 Å². The zero-order chi connectivity index (χ0) is 14.4. The van der Waals surface area contributed by atoms with Crippen LogP contribution in [0.5, 0.6) is 0 Å². The van der Waals surface area contributed by atoms with Crippen LogP contribution in [0.25, 0.3) is 0 Å². The molecule has 0 bridgehead atoms. The van der Waals surface area contributed by atoms with Gasteiger partial charge in [0.05, 0.1) is 12.5 Å². The van der Waals surface area contributed by atoms with Gasteiger partial charge in [-0.1, -0.05) is 13.8 Å². The van der Waals surface area contributed by atoms with E-state index in [1.165, 1.54) is 0 Å². The number of hydrogen-bond donors (Lipinski definition) is 1. The fourth-order valence-electron chi connectivity index (χ4n) is 1.99. The molecule has 104 valence electrons. The third-order valence-electron chi connectivity index (χ3n) is 3.17. The summed E-state index contributed by atoms with van der Waals surface area (Å²) in [6.07, 6.45) is 2.06. The van der Waals surface area contributed by atoms with Crippen molar-refractivity contribution in [2.75, 3.05) is 23.8 Å². The van der Waals surface area contributed by atoms with Crippen molar-refractivity contribution in [3.63, 3.8) is 0 Å². The summed E-state index contributed by atoms with van der Waals surface area (Å²) in [6.45, 7) is 9.17. The third kappa shape index (κ3) is 3.57. The van der Waals surface area contributed by atoms with E-state index >= 15 is 0 Å². The van der Waals surface area contributed by atoms with Gasteiger partial charge in [-0.15, -0.1) is 0 Å². The number of rotatable bonds is 6. The first kappa shape index (κ1) is 15.2. The van der Waals surface area contributed by atoms with E-state index in [0.29, 0.717) is 12.3 Å². The minimum Gasteiger partial charge on any atom is -0.370 e. The molecule has 1 heterocycles. The van der Waals surface area contributed by atoms with E-state index in [2.05, 4.69) is 40.1 Å². The lowest BCUT2D eigenvalue weighted by Crippen LogP contribution is -2.30. The van der Waals surface area contributed by atoms with E-state index in [1.54, 1.807) is 6.33 Å². The predicted octanol–water partition coefficient (Wildman–Crippen LogP) is 2.77. The van der Waals surface area contributed by atoms with Gasteiger partial charge in [-0.2, -0.15) is 5.26 Å². The van der Waals surface area contributed by atoms with Crippen molar-refractivity contribution in [1.29, 1.82) is 5.26 Å². The minimum atomic E-state index is 0.131. The Bertz CT molecular complexity index is 450. The number of aromatic nitrogens is 2. The molecule has 0 aliphatic carbocycles. The molecule has 0 spiro atoms. The first-order chi connectivity index (χ1) is 9.02. The molecule has 19 heavy (non-hydrogen) atoms. The van der Waals surface area contributed by atoms with Crippen molar-refractivity contribution >= 4 is 11.6 Å². The van der Waals surface area contributed by atoms with Crippen LogP contribution >= 0.6 is 0 Å². The normalized spacial score (nSPS) is 12.1. The van der Waals surface area contributed by atoms with Crippen LogP contribution in [0.1, 0.15) is 45.6 Å². The maximum Gasteiger partial charge on any atom is 0.137 e. The summed E-state index contributed by atoms with van der Waals surface area (Å²) in [4.78, 5) is 10.8. The first-order valence-electron chi connectivity index (χ1n) is 6.71. The molecule has 1 atom stereocenters. The molecular weight excluding hydrogens is 238 g/mol. The van der Waals surface area contributed by atoms with Crippen LogP contribution in [-0.4, -0.2) is 29.6 Å². The van der Waals surface area contributed by atoms with Gasteiger partial charge in [-0.25, -0.2) is 9.97 Å². The highest BCUT2D eigenvalue weighted by Gasteiger charge is 2.20. The summed E-state index contributed by atoms with van der Waals surface area (Å²) < 4.78 is 0. The van der Waals surface area contributed by atoms with Gasteiger partial charge in [0.2, 0.25) is 0 Å². The molecule has 0 saturated carbocycles. The lowest BCUT2D eigenvalue weighted by atomic mass is 10.0. The summed E-state index contributed by atoms with van der Waals surface area (Å²) in [5.74, 6) is 2.11. The molecule has 0 aromatic carbocycles. The number of nitrogens with one attached hydrogen (secondary N) is 1. The molecule has 0 amide bonds. The molecule has 1 rings (SSSR count). The molecule has 0 aliphatic rings. The smallest absolute Gasteiger partial charge is 0.137 e. The van der Waals surface area contributed by atoms with Gasteiger partial charge in [-0.3, -0.25) is 0 Å². The summed E-state index contributed by atoms with van der Waals surface area (Å²) in [6, 6.07) is 2.34. The largest absolute Gasteiger partial charge is 0.370 e. The average molecular weight is 261 g/mol. The van der Waals surface area contributed by atoms with Crippen LogP contribution < -0.4 is 10.2 Å². The molecule has 0 fully saturated rings. The maximum absolute atomic E-state index is 8.83. The number of anilines is 2. The molecule has 0 aliphatic heterocycles. The Balaban J connectivity index is 3.19. The summed E-state index contributed by atoms with van der Waals surface area (Å²) in [5.41, 5.74) is 1.11. The average Bonchev–Trinajstić information content (AvgIpc) is 2.38. The maximum atomic E-state index is 8.83. The van der Waals surface area contributed by atoms with Gasteiger partial charge in [0.1, 0.15) is 18.0 Å². The second kappa shape index (κ2) is 6.93. The number of nitriles is 1. The Kier molecular flexibility index (Phi) is 5.56. The van der Waals surface area contributed by atoms with Gasteiger partial charge in [-0.05, 0) is 19.8 Å². The SMILES string of the molecule is CCNc1ncnc(N(C)C(C)CC#N)c1C(C)C. The molecule has 5 heteroatoms. The Labute approximate surface area is 115 Å². The van der Waals surface area contributed by atoms with Crippen molar-refractivity contribution < 1.29 is 0 Å². The van der Waals surface area contributed by atoms with Crippen LogP contribution in [0.3, 0.4) is 0 Å². The highest BCUT2D eigenvalue weighted by molar-refractivity contribution is 5.60. The molecule has 0 radical (unpaired) electrons. The predicted molar refractivity (Wildman–Crippen MR) is 78.4 cm³/mol. The summed E-state index contributed by atoms with van der Waals surface area (Å²) >= 11 is 0. The van der Waals surface area contributed by atoms with Crippen LogP contribution in [-0.2, 0) is 0 Å². The third-order valence-corrected chi connectivity index (χ3v) is 3.17. The zero-order valence-corrected chi connectivity index (χ0v) is 12.4. The molecule has 1 unspecified atom stereocenters. The van der Waals surface area contributed by atoms with Crippen LogP contribution in [0.2, 0.25) is 0 Å². The summed E-state index contributed by atoms with van der Waals surface area (Å²) in [7, 11) is 1.98. The van der Waals surface area contributed by atoms with Crippen molar-refractivity contribution in [3.8, 4) is 6.07 Å². The van der Waals surface area contributed by atoms with E-state index in [9.17, 15) is 0 Å². The number of nitrogens with zero attached hydrogens (tertiary/aromatic N) is 4. The van der Waals surface area contributed by atoms with E-state index < -0.39 is 0 Å². The van der Waals surface area contributed by atoms with Gasteiger partial charge in [0.25, 0.3) is 0 Å². The standard InChI is InChI=1S/C14H23N5/c1-6-16-13-12(10(2)3)14(18-9-17-13)19(5)11(4)7-8-15/h9-11H,6-7H2,1-5H3,(H,16,17,18). The molecule has 0 saturated heterocycles. The Hall–Kier alpha value is -1.83. The lowest BCUT2D eigenvalue weighted by Gasteiger charge is -2.28. The monoisotopic (exact) mass is 261 g/mol.